The van der Waals surface area contributed by atoms with Gasteiger partial charge >= 0.3 is 6.09 Å². The fraction of sp³-hybridized carbons (Fsp3) is 0.361. The van der Waals surface area contributed by atoms with Crippen molar-refractivity contribution in [2.24, 2.45) is 0 Å². The number of carbonyl (C=O) groups is 2. The first kappa shape index (κ1) is 73.1. The number of sulfonamides is 1. The molecule has 2 fully saturated rings. The predicted molar refractivity (Wildman–Crippen MR) is 366 cm³/mol. The van der Waals surface area contributed by atoms with Crippen molar-refractivity contribution in [3.63, 3.8) is 0 Å². The van der Waals surface area contributed by atoms with Crippen LogP contribution >= 0.6 is 34.8 Å². The van der Waals surface area contributed by atoms with Crippen molar-refractivity contribution in [3.8, 4) is 11.5 Å². The van der Waals surface area contributed by atoms with Crippen LogP contribution in [0, 0.1) is 29.1 Å². The van der Waals surface area contributed by atoms with Crippen LogP contribution in [0.15, 0.2) is 151 Å². The number of amides is 1. The molecule has 2 aliphatic carbocycles. The summed E-state index contributed by atoms with van der Waals surface area (Å²) in [5.74, 6) is -9.23. The van der Waals surface area contributed by atoms with Gasteiger partial charge in [0.2, 0.25) is 21.1 Å². The lowest BCUT2D eigenvalue weighted by atomic mass is 9.84. The van der Waals surface area contributed by atoms with E-state index in [2.05, 4.69) is 94.4 Å². The van der Waals surface area contributed by atoms with E-state index in [9.17, 15) is 40.0 Å². The third-order valence-corrected chi connectivity index (χ3v) is 19.1. The van der Waals surface area contributed by atoms with Crippen LogP contribution in [0.25, 0.3) is 21.8 Å². The van der Waals surface area contributed by atoms with Crippen molar-refractivity contribution in [1.82, 2.24) is 23.9 Å². The Kier molecular flexibility index (Phi) is 26.0. The third kappa shape index (κ3) is 19.3. The first-order valence-corrected chi connectivity index (χ1v) is 34.2. The molecular weight excluding hydrogens is 1310 g/mol. The maximum Gasteiger partial charge on any atom is 0.415 e. The highest BCUT2D eigenvalue weighted by molar-refractivity contribution is 7.89. The average Bonchev–Trinajstić information content (AvgIpc) is 1.39. The molecule has 0 bridgehead atoms. The Morgan fingerprint density at radius 3 is 1.47 bits per heavy atom. The second-order valence-corrected chi connectivity index (χ2v) is 27.5. The fourth-order valence-electron chi connectivity index (χ4n) is 11.4. The Morgan fingerprint density at radius 1 is 0.611 bits per heavy atom. The molecule has 0 radical (unpaired) electrons. The number of aromatic nitrogens is 4. The minimum absolute atomic E-state index is 0.0978. The van der Waals surface area contributed by atoms with Crippen molar-refractivity contribution in [3.05, 3.63) is 208 Å². The molecule has 2 aromatic heterocycles. The molecule has 2 heterocycles. The van der Waals surface area contributed by atoms with Gasteiger partial charge in [0.25, 0.3) is 0 Å². The number of hydrogen-bond acceptors (Lipinski definition) is 10. The van der Waals surface area contributed by atoms with Crippen LogP contribution in [-0.4, -0.2) is 81.9 Å². The van der Waals surface area contributed by atoms with E-state index in [0.717, 1.165) is 81.7 Å². The number of carbonyl (C=O) groups excluding carboxylic acids is 2. The molecule has 2 saturated carbocycles. The van der Waals surface area contributed by atoms with E-state index in [4.69, 9.17) is 49.0 Å². The average molecular weight is 1390 g/mol. The highest BCUT2D eigenvalue weighted by atomic mass is 35.5. The molecule has 14 nitrogen and oxygen atoms in total. The first-order chi connectivity index (χ1) is 45.4. The standard InChI is InChI=1S/C33H39N3O3.C28H31N3O.C10H7ClF5NO3S.CH2Cl2/c1-33(2,3)39-32(37)35(22-24-10-14-27(15-11-24)26-8-6-5-7-9-26)29-16-19-31-28(20-29)21-34-36(31)23-25-12-17-30(38-4)18-13-25;1-32-27-14-9-22(10-15-27)20-31-28-16-13-26(17-25(28)19-30-31)29-18-21-7-11-24(12-8-21)23-5-3-2-4-6-23;1-3(10(11)18)17(2)21(19,20)9-7(15)5(13)4(12)6(14)8(9)16;2-1-3/h10-21,26H,5-9,22-23H2,1-4H3;7-17,19,23,29H,2-6,18,20H2,1H3;3H,1-2H3;1H2/t;;3-;/m..1./s1. The van der Waals surface area contributed by atoms with E-state index in [-0.39, 0.29) is 15.7 Å². The maximum atomic E-state index is 13.5. The first-order valence-electron chi connectivity index (χ1n) is 31.3. The zero-order chi connectivity index (χ0) is 68.6. The third-order valence-electron chi connectivity index (χ3n) is 16.8. The summed E-state index contributed by atoms with van der Waals surface area (Å²) in [6.45, 7) is 9.32. The maximum absolute atomic E-state index is 13.5. The molecule has 7 aromatic carbocycles. The Bertz CT molecular complexity index is 4100. The van der Waals surface area contributed by atoms with Crippen LogP contribution in [0.4, 0.5) is 38.1 Å². The van der Waals surface area contributed by atoms with Crippen molar-refractivity contribution in [2.75, 3.05) is 36.8 Å². The molecule has 506 valence electrons. The highest BCUT2D eigenvalue weighted by Gasteiger charge is 2.38. The fourth-order valence-corrected chi connectivity index (χ4v) is 13.1. The molecule has 1 atom stereocenters. The second-order valence-electron chi connectivity index (χ2n) is 24.4. The number of ether oxygens (including phenoxy) is 3. The topological polar surface area (TPSA) is 150 Å². The van der Waals surface area contributed by atoms with Gasteiger partial charge in [-0.1, -0.05) is 111 Å². The van der Waals surface area contributed by atoms with Crippen LogP contribution < -0.4 is 19.7 Å². The summed E-state index contributed by atoms with van der Waals surface area (Å²) >= 11 is 14.6. The van der Waals surface area contributed by atoms with Crippen molar-refractivity contribution in [1.29, 1.82) is 0 Å². The molecular formula is C72H79Cl3F5N7O7S. The van der Waals surface area contributed by atoms with Gasteiger partial charge in [-0.25, -0.2) is 35.2 Å². The van der Waals surface area contributed by atoms with E-state index >= 15 is 0 Å². The largest absolute Gasteiger partial charge is 0.497 e. The summed E-state index contributed by atoms with van der Waals surface area (Å²) in [5.41, 5.74) is 11.1. The van der Waals surface area contributed by atoms with E-state index in [1.165, 1.54) is 86.5 Å². The lowest BCUT2D eigenvalue weighted by molar-refractivity contribution is -0.114. The summed E-state index contributed by atoms with van der Waals surface area (Å²) < 4.78 is 110. The molecule has 23 heteroatoms. The summed E-state index contributed by atoms with van der Waals surface area (Å²) in [6.07, 6.45) is 16.9. The van der Waals surface area contributed by atoms with Crippen molar-refractivity contribution in [2.45, 2.75) is 146 Å². The summed E-state index contributed by atoms with van der Waals surface area (Å²) in [5, 5.41) is 13.9. The van der Waals surface area contributed by atoms with Gasteiger partial charge in [-0.2, -0.15) is 14.5 Å². The van der Waals surface area contributed by atoms with Crippen LogP contribution in [-0.2, 0) is 45.7 Å². The summed E-state index contributed by atoms with van der Waals surface area (Å²) in [7, 11) is -1.11. The molecule has 0 aliphatic heterocycles. The summed E-state index contributed by atoms with van der Waals surface area (Å²) in [4.78, 5) is 23.9. The zero-order valence-corrected chi connectivity index (χ0v) is 57.3. The molecule has 2 aliphatic rings. The minimum Gasteiger partial charge on any atom is -0.497 e. The molecule has 0 spiro atoms. The van der Waals surface area contributed by atoms with Gasteiger partial charge in [-0.15, -0.1) is 23.2 Å². The van der Waals surface area contributed by atoms with Gasteiger partial charge in [0.1, 0.15) is 17.1 Å². The van der Waals surface area contributed by atoms with Gasteiger partial charge in [-0.05, 0) is 171 Å². The van der Waals surface area contributed by atoms with Crippen LogP contribution in [0.2, 0.25) is 0 Å². The van der Waals surface area contributed by atoms with Gasteiger partial charge in [-0.3, -0.25) is 19.1 Å². The molecule has 1 N–H and O–H groups in total. The quantitative estimate of drug-likeness (QED) is 0.0289. The number of nitrogens with zero attached hydrogens (tertiary/aromatic N) is 6. The minimum atomic E-state index is -5.17. The molecule has 1 amide bonds. The molecule has 95 heavy (non-hydrogen) atoms. The van der Waals surface area contributed by atoms with Crippen molar-refractivity contribution >= 4 is 89.3 Å². The Hall–Kier alpha value is -7.75. The van der Waals surface area contributed by atoms with Gasteiger partial charge < -0.3 is 19.5 Å². The number of nitrogens with one attached hydrogen (secondary N) is 1. The van der Waals surface area contributed by atoms with Crippen molar-refractivity contribution < 1.29 is 54.2 Å². The Labute approximate surface area is 567 Å². The number of likely N-dealkylation sites (N-methyl/N-ethyl adjacent to an activating group) is 1. The lowest BCUT2D eigenvalue weighted by Gasteiger charge is -2.28. The Morgan fingerprint density at radius 2 is 1.03 bits per heavy atom. The molecule has 0 unspecified atom stereocenters. The van der Waals surface area contributed by atoms with E-state index in [1.807, 2.05) is 97.1 Å². The van der Waals surface area contributed by atoms with E-state index in [1.54, 1.807) is 19.1 Å². The number of anilines is 2. The molecule has 11 rings (SSSR count). The normalized spacial score (nSPS) is 14.0. The Balaban J connectivity index is 0.000000186. The number of hydrogen-bond donors (Lipinski definition) is 1. The van der Waals surface area contributed by atoms with E-state index in [0.29, 0.717) is 26.1 Å². The number of methoxy groups -OCH3 is 2. The number of fused-ring (bicyclic) bond motifs is 2. The number of alkyl halides is 2. The van der Waals surface area contributed by atoms with Gasteiger partial charge in [0, 0.05) is 35.7 Å². The van der Waals surface area contributed by atoms with Crippen LogP contribution in [0.1, 0.15) is 137 Å². The van der Waals surface area contributed by atoms with Crippen LogP contribution in [0.3, 0.4) is 0 Å². The number of rotatable bonds is 18. The van der Waals surface area contributed by atoms with Gasteiger partial charge in [0.15, 0.2) is 28.2 Å². The monoisotopic (exact) mass is 1390 g/mol. The molecule has 0 saturated heterocycles. The second kappa shape index (κ2) is 33.8. The lowest BCUT2D eigenvalue weighted by Crippen LogP contribution is -2.39. The van der Waals surface area contributed by atoms with Crippen LogP contribution in [0.5, 0.6) is 11.5 Å². The zero-order valence-electron chi connectivity index (χ0n) is 54.2. The predicted octanol–water partition coefficient (Wildman–Crippen LogP) is 18.4. The highest BCUT2D eigenvalue weighted by Crippen LogP contribution is 2.36. The smallest absolute Gasteiger partial charge is 0.415 e. The molecule has 9 aromatic rings. The SMILES string of the molecule is COc1ccc(Cn2ncc3cc(N(Cc4ccc(C5CCCCC5)cc4)C(=O)OC(C)(C)C)ccc32)cc1.COc1ccc(Cn2ncc3cc(NCc4ccc(C5CCCCC5)cc4)ccc32)cc1.C[C@H](C(=O)Cl)N(C)S(=O)(=O)c1c(F)c(F)c(F)c(F)c1F.ClCCl. The number of halogens is 8. The number of benzene rings is 7. The summed E-state index contributed by atoms with van der Waals surface area (Å²) in [6, 6.07) is 45.1. The van der Waals surface area contributed by atoms with E-state index < -0.39 is 60.9 Å². The van der Waals surface area contributed by atoms with Gasteiger partial charge in [0.05, 0.1) is 68.7 Å².